The second kappa shape index (κ2) is 4.12. The van der Waals surface area contributed by atoms with E-state index >= 15 is 0 Å². The third-order valence-electron chi connectivity index (χ3n) is 8.66. The lowest BCUT2D eigenvalue weighted by atomic mass is 9.57. The molecule has 3 fully saturated rings. The minimum atomic E-state index is -0.203. The Kier molecular flexibility index (Phi) is 2.37. The molecule has 25 heavy (non-hydrogen) atoms. The minimum absolute atomic E-state index is 0.0331. The van der Waals surface area contributed by atoms with Crippen LogP contribution in [0.4, 0.5) is 5.69 Å². The van der Waals surface area contributed by atoms with Gasteiger partial charge in [0.1, 0.15) is 6.04 Å². The fourth-order valence-electron chi connectivity index (χ4n) is 8.15. The molecule has 0 aromatic heterocycles. The van der Waals surface area contributed by atoms with Gasteiger partial charge in [0.25, 0.3) is 0 Å². The summed E-state index contributed by atoms with van der Waals surface area (Å²) < 4.78 is 5.31. The first-order chi connectivity index (χ1) is 12.1. The first kappa shape index (κ1) is 14.4. The van der Waals surface area contributed by atoms with Crippen LogP contribution in [0.15, 0.2) is 36.4 Å². The van der Waals surface area contributed by atoms with Crippen LogP contribution in [0.25, 0.3) is 0 Å². The third-order valence-corrected chi connectivity index (χ3v) is 8.66. The zero-order valence-electron chi connectivity index (χ0n) is 14.8. The van der Waals surface area contributed by atoms with Gasteiger partial charge in [-0.05, 0) is 30.0 Å². The summed E-state index contributed by atoms with van der Waals surface area (Å²) in [5.41, 5.74) is 2.66. The summed E-state index contributed by atoms with van der Waals surface area (Å²) in [6, 6.07) is 9.38. The Hall–Kier alpha value is -1.81. The van der Waals surface area contributed by atoms with Crippen molar-refractivity contribution in [3.63, 3.8) is 0 Å². The van der Waals surface area contributed by atoms with E-state index in [-0.39, 0.29) is 28.3 Å². The number of hydrogen-bond donors (Lipinski definition) is 2. The van der Waals surface area contributed by atoms with Gasteiger partial charge in [0.2, 0.25) is 0 Å². The highest BCUT2D eigenvalue weighted by atomic mass is 16.5. The molecule has 4 heteroatoms. The highest BCUT2D eigenvalue weighted by molar-refractivity contribution is 5.82. The normalized spacial score (nSPS) is 50.2. The number of para-hydroxylation sites is 1. The van der Waals surface area contributed by atoms with E-state index in [4.69, 9.17) is 4.74 Å². The van der Waals surface area contributed by atoms with Crippen molar-refractivity contribution in [3.8, 4) is 0 Å². The van der Waals surface area contributed by atoms with E-state index in [1.165, 1.54) is 17.8 Å². The maximum absolute atomic E-state index is 12.9. The second-order valence-electron chi connectivity index (χ2n) is 8.82. The SMILES string of the molecule is COC(=O)[C@@H]1C[C@@]23C=CC[NH+]4CC[C@@]5(c6ccccc6N[C@]15[C@H]2C)[C@H]43. The average Bonchev–Trinajstić information content (AvgIpc) is 3.29. The van der Waals surface area contributed by atoms with Crippen LogP contribution < -0.4 is 10.2 Å². The van der Waals surface area contributed by atoms with E-state index in [9.17, 15) is 4.79 Å². The van der Waals surface area contributed by atoms with Crippen LogP contribution in [0.5, 0.6) is 0 Å². The van der Waals surface area contributed by atoms with E-state index in [1.807, 2.05) is 0 Å². The fourth-order valence-corrected chi connectivity index (χ4v) is 8.15. The molecule has 1 aromatic rings. The molecule has 5 aliphatic rings. The second-order valence-corrected chi connectivity index (χ2v) is 8.82. The van der Waals surface area contributed by atoms with Gasteiger partial charge >= 0.3 is 5.97 Å². The molecule has 4 nitrogen and oxygen atoms in total. The Morgan fingerprint density at radius 1 is 1.36 bits per heavy atom. The molecule has 0 amide bonds. The van der Waals surface area contributed by atoms with Crippen LogP contribution in [-0.4, -0.2) is 37.7 Å². The van der Waals surface area contributed by atoms with Crippen LogP contribution in [0.3, 0.4) is 0 Å². The standard InChI is InChI=1S/C21H24N2O2/c1-13-19-8-5-10-23-11-9-20(18(19)23)14-6-3-4-7-16(14)22-21(13,20)15(12-19)17(24)25-2/h3-8,13,15,18,22H,9-12H2,1-2H3/p+1/t13-,15-,18+,19-,20+,21+/m0/s1. The molecule has 2 N–H and O–H groups in total. The first-order valence-electron chi connectivity index (χ1n) is 9.59. The number of quaternary nitrogens is 1. The fraction of sp³-hybridized carbons (Fsp3) is 0.571. The number of fused-ring (bicyclic) bond motifs is 1. The average molecular weight is 337 g/mol. The lowest BCUT2D eigenvalue weighted by Crippen LogP contribution is -3.16. The van der Waals surface area contributed by atoms with Crippen LogP contribution >= 0.6 is 0 Å². The molecular formula is C21H25N2O2+. The van der Waals surface area contributed by atoms with Crippen molar-refractivity contribution >= 4 is 11.7 Å². The number of nitrogens with one attached hydrogen (secondary N) is 2. The van der Waals surface area contributed by atoms with Gasteiger partial charge in [-0.2, -0.15) is 0 Å². The largest absolute Gasteiger partial charge is 0.469 e. The van der Waals surface area contributed by atoms with Crippen LogP contribution in [-0.2, 0) is 14.9 Å². The van der Waals surface area contributed by atoms with Crippen molar-refractivity contribution in [2.45, 2.75) is 36.8 Å². The molecule has 0 radical (unpaired) electrons. The van der Waals surface area contributed by atoms with E-state index in [0.717, 1.165) is 19.4 Å². The van der Waals surface area contributed by atoms with Gasteiger partial charge in [-0.3, -0.25) is 4.79 Å². The highest BCUT2D eigenvalue weighted by Gasteiger charge is 2.88. The number of ether oxygens (including phenoxy) is 1. The summed E-state index contributed by atoms with van der Waals surface area (Å²) in [6.07, 6.45) is 6.94. The highest BCUT2D eigenvalue weighted by Crippen LogP contribution is 2.76. The number of carbonyl (C=O) groups excluding carboxylic acids is 1. The third kappa shape index (κ3) is 1.19. The molecule has 130 valence electrons. The van der Waals surface area contributed by atoms with Gasteiger partial charge < -0.3 is 15.0 Å². The molecular weight excluding hydrogens is 312 g/mol. The van der Waals surface area contributed by atoms with Gasteiger partial charge in [0, 0.05) is 17.5 Å². The maximum atomic E-state index is 12.9. The molecule has 7 atom stereocenters. The molecule has 2 aliphatic carbocycles. The quantitative estimate of drug-likeness (QED) is 0.597. The molecule has 6 rings (SSSR count). The summed E-state index contributed by atoms with van der Waals surface area (Å²) in [5.74, 6) is 0.320. The van der Waals surface area contributed by atoms with Crippen molar-refractivity contribution in [3.05, 3.63) is 42.0 Å². The number of methoxy groups -OCH3 is 1. The van der Waals surface area contributed by atoms with Crippen molar-refractivity contribution in [2.24, 2.45) is 17.3 Å². The number of rotatable bonds is 1. The summed E-state index contributed by atoms with van der Waals surface area (Å²) >= 11 is 0. The smallest absolute Gasteiger partial charge is 0.311 e. The van der Waals surface area contributed by atoms with E-state index in [1.54, 1.807) is 12.0 Å². The Balaban J connectivity index is 1.69. The van der Waals surface area contributed by atoms with E-state index in [2.05, 4.69) is 48.7 Å². The summed E-state index contributed by atoms with van der Waals surface area (Å²) in [6.45, 7) is 4.71. The van der Waals surface area contributed by atoms with Gasteiger partial charge in [-0.25, -0.2) is 0 Å². The summed E-state index contributed by atoms with van der Waals surface area (Å²) in [5, 5.41) is 3.94. The Morgan fingerprint density at radius 3 is 3.04 bits per heavy atom. The number of benzene rings is 1. The van der Waals surface area contributed by atoms with Crippen LogP contribution in [0.1, 0.15) is 25.3 Å². The lowest BCUT2D eigenvalue weighted by molar-refractivity contribution is -0.917. The Labute approximate surface area is 148 Å². The first-order valence-corrected chi connectivity index (χ1v) is 9.59. The molecule has 2 saturated carbocycles. The number of carbonyl (C=O) groups is 1. The number of anilines is 1. The maximum Gasteiger partial charge on any atom is 0.311 e. The van der Waals surface area contributed by atoms with E-state index in [0.29, 0.717) is 12.0 Å². The Bertz CT molecular complexity index is 835. The molecule has 1 aromatic carbocycles. The molecule has 1 saturated heterocycles. The number of esters is 1. The molecule has 3 aliphatic heterocycles. The van der Waals surface area contributed by atoms with Crippen molar-refractivity contribution in [1.82, 2.24) is 0 Å². The topological polar surface area (TPSA) is 42.8 Å². The van der Waals surface area contributed by atoms with Crippen molar-refractivity contribution < 1.29 is 14.4 Å². The van der Waals surface area contributed by atoms with Crippen molar-refractivity contribution in [1.29, 1.82) is 0 Å². The zero-order valence-corrected chi connectivity index (χ0v) is 14.8. The van der Waals surface area contributed by atoms with Crippen LogP contribution in [0, 0.1) is 17.3 Å². The molecule has 3 spiro atoms. The molecule has 2 bridgehead atoms. The molecule has 1 unspecified atom stereocenters. The summed E-state index contributed by atoms with van der Waals surface area (Å²) in [4.78, 5) is 14.6. The van der Waals surface area contributed by atoms with Gasteiger partial charge in [0.15, 0.2) is 0 Å². The van der Waals surface area contributed by atoms with E-state index < -0.39 is 0 Å². The Morgan fingerprint density at radius 2 is 2.20 bits per heavy atom. The van der Waals surface area contributed by atoms with Crippen molar-refractivity contribution in [2.75, 3.05) is 25.5 Å². The van der Waals surface area contributed by atoms with Gasteiger partial charge in [-0.1, -0.05) is 31.2 Å². The zero-order chi connectivity index (χ0) is 17.0. The number of hydrogen-bond acceptors (Lipinski definition) is 3. The predicted octanol–water partition coefficient (Wildman–Crippen LogP) is 1.14. The van der Waals surface area contributed by atoms with Gasteiger partial charge in [-0.15, -0.1) is 0 Å². The van der Waals surface area contributed by atoms with Crippen LogP contribution in [0.2, 0.25) is 0 Å². The molecule has 3 heterocycles. The predicted molar refractivity (Wildman–Crippen MR) is 94.4 cm³/mol. The van der Waals surface area contributed by atoms with Gasteiger partial charge in [0.05, 0.1) is 37.1 Å². The lowest BCUT2D eigenvalue weighted by Gasteiger charge is -2.48. The minimum Gasteiger partial charge on any atom is -0.469 e. The monoisotopic (exact) mass is 337 g/mol. The summed E-state index contributed by atoms with van der Waals surface area (Å²) in [7, 11) is 1.54.